The SMILES string of the molecule is Fc1c(F)c(F)c([B-](c2c(F)c(F)c(F)c(F)c2F)(c2c(F)c(F)c(F)c(F)c2F)c2c(F)c(F)c(F)c(F)c2F)c(F)c1F.O=C(C[n+]1cccc2cc(Cl)ccc21)c1ccccc1. The van der Waals surface area contributed by atoms with Crippen LogP contribution < -0.4 is 26.4 Å². The smallest absolute Gasteiger partial charge is 0.227 e. The lowest BCUT2D eigenvalue weighted by Crippen LogP contribution is -2.81. The van der Waals surface area contributed by atoms with Crippen molar-refractivity contribution in [1.29, 1.82) is 0 Å². The van der Waals surface area contributed by atoms with Gasteiger partial charge in [0.05, 0.1) is 0 Å². The van der Waals surface area contributed by atoms with Crippen molar-refractivity contribution in [2.45, 2.75) is 6.54 Å². The van der Waals surface area contributed by atoms with Gasteiger partial charge in [-0.05, 0) is 18.2 Å². The number of pyridine rings is 1. The van der Waals surface area contributed by atoms with Gasteiger partial charge >= 0.3 is 0 Å². The molecule has 0 amide bonds. The summed E-state index contributed by atoms with van der Waals surface area (Å²) in [6, 6.07) is 18.9. The molecule has 1 aromatic heterocycles. The molecule has 0 atom stereocenters. The predicted molar refractivity (Wildman–Crippen MR) is 189 cm³/mol. The first-order valence-electron chi connectivity index (χ1n) is 17.3. The predicted octanol–water partition coefficient (Wildman–Crippen LogP) is 9.51. The molecule has 0 spiro atoms. The molecule has 2 nitrogen and oxygen atoms in total. The van der Waals surface area contributed by atoms with Gasteiger partial charge in [-0.1, -0.05) is 41.9 Å². The molecule has 0 saturated carbocycles. The fourth-order valence-corrected chi connectivity index (χ4v) is 7.31. The lowest BCUT2D eigenvalue weighted by molar-refractivity contribution is -0.657. The highest BCUT2D eigenvalue weighted by Crippen LogP contribution is 2.31. The summed E-state index contributed by atoms with van der Waals surface area (Å²) in [5.41, 5.74) is -12.6. The van der Waals surface area contributed by atoms with Crippen LogP contribution in [0, 0.1) is 116 Å². The highest BCUT2D eigenvalue weighted by atomic mass is 35.5. The Hall–Kier alpha value is -6.65. The van der Waals surface area contributed by atoms with E-state index < -0.39 is 144 Å². The highest BCUT2D eigenvalue weighted by molar-refractivity contribution is 7.20. The Labute approximate surface area is 353 Å². The Kier molecular flexibility index (Phi) is 13.0. The molecule has 65 heavy (non-hydrogen) atoms. The van der Waals surface area contributed by atoms with E-state index in [2.05, 4.69) is 0 Å². The monoisotopic (exact) mass is 961 g/mol. The molecule has 0 unspecified atom stereocenters. The van der Waals surface area contributed by atoms with Crippen molar-refractivity contribution in [3.63, 3.8) is 0 Å². The van der Waals surface area contributed by atoms with E-state index in [-0.39, 0.29) is 5.78 Å². The van der Waals surface area contributed by atoms with Crippen LogP contribution in [0.15, 0.2) is 66.9 Å². The first kappa shape index (κ1) is 47.8. The third kappa shape index (κ3) is 7.57. The summed E-state index contributed by atoms with van der Waals surface area (Å²) in [4.78, 5) is 12.3. The number of rotatable bonds is 7. The van der Waals surface area contributed by atoms with Crippen LogP contribution >= 0.6 is 11.6 Å². The zero-order valence-electron chi connectivity index (χ0n) is 30.9. The second-order valence-corrected chi connectivity index (χ2v) is 13.9. The Morgan fingerprint density at radius 1 is 0.400 bits per heavy atom. The van der Waals surface area contributed by atoms with Gasteiger partial charge in [-0.25, -0.2) is 87.8 Å². The number of hydrogen-bond acceptors (Lipinski definition) is 1. The fourth-order valence-electron chi connectivity index (χ4n) is 7.13. The Morgan fingerprint density at radius 3 is 1.03 bits per heavy atom. The standard InChI is InChI=1S/C24BF20.C17H13ClNO/c26-5-1(6(27)14(35)21(42)13(5)34)25(2-7(28)15(36)22(43)16(37)8(2)29,3-9(30)17(38)23(44)18(39)10(3)31)4-11(32)19(40)24(45)20(41)12(4)33;18-15-8-9-16-14(11-15)7-4-10-19(16)12-17(20)13-5-2-1-3-6-13/h;1-11H,12H2/q-1;+1. The first-order valence-corrected chi connectivity index (χ1v) is 17.7. The van der Waals surface area contributed by atoms with Crippen LogP contribution in [0.25, 0.3) is 10.9 Å². The molecular weight excluding hydrogens is 949 g/mol. The topological polar surface area (TPSA) is 20.9 Å². The molecule has 7 aromatic rings. The van der Waals surface area contributed by atoms with Crippen molar-refractivity contribution in [3.8, 4) is 0 Å². The number of carbonyl (C=O) groups excluding carboxylic acids is 1. The molecule has 338 valence electrons. The van der Waals surface area contributed by atoms with Gasteiger partial charge in [0.15, 0.2) is 76.0 Å². The number of hydrogen-bond donors (Lipinski definition) is 0. The average molecular weight is 962 g/mol. The Morgan fingerprint density at radius 2 is 0.708 bits per heavy atom. The molecule has 6 aromatic carbocycles. The second-order valence-electron chi connectivity index (χ2n) is 13.4. The van der Waals surface area contributed by atoms with Crippen LogP contribution in [-0.2, 0) is 6.54 Å². The van der Waals surface area contributed by atoms with E-state index in [0.29, 0.717) is 11.6 Å². The number of ketones is 1. The van der Waals surface area contributed by atoms with Crippen molar-refractivity contribution in [1.82, 2.24) is 0 Å². The van der Waals surface area contributed by atoms with Gasteiger partial charge in [0.1, 0.15) is 52.7 Å². The normalized spacial score (nSPS) is 11.6. The zero-order chi connectivity index (χ0) is 48.3. The largest absolute Gasteiger partial charge is 0.287 e. The summed E-state index contributed by atoms with van der Waals surface area (Å²) in [5.74, 6) is -71.3. The third-order valence-electron chi connectivity index (χ3n) is 9.96. The van der Waals surface area contributed by atoms with Crippen molar-refractivity contribution < 1.29 is 97.2 Å². The van der Waals surface area contributed by atoms with E-state index >= 15 is 35.1 Å². The van der Waals surface area contributed by atoms with Crippen LogP contribution in [0.2, 0.25) is 5.02 Å². The molecule has 7 rings (SSSR count). The van der Waals surface area contributed by atoms with Crippen molar-refractivity contribution in [3.05, 3.63) is 194 Å². The van der Waals surface area contributed by atoms with Gasteiger partial charge in [0, 0.05) is 28.1 Å². The summed E-state index contributed by atoms with van der Waals surface area (Å²) >= 11 is 6.00. The molecule has 0 radical (unpaired) electrons. The number of aromatic nitrogens is 1. The third-order valence-corrected chi connectivity index (χ3v) is 10.2. The number of fused-ring (bicyclic) bond motifs is 1. The molecule has 1 heterocycles. The van der Waals surface area contributed by atoms with E-state index in [1.54, 1.807) is 0 Å². The van der Waals surface area contributed by atoms with Gasteiger partial charge in [-0.2, -0.15) is 4.57 Å². The van der Waals surface area contributed by atoms with E-state index in [0.717, 1.165) is 16.5 Å². The molecule has 0 N–H and O–H groups in total. The first-order chi connectivity index (χ1) is 30.4. The number of carbonyl (C=O) groups is 1. The van der Waals surface area contributed by atoms with Gasteiger partial charge in [-0.15, -0.1) is 21.9 Å². The van der Waals surface area contributed by atoms with Crippen molar-refractivity contribution >= 4 is 56.3 Å². The Balaban J connectivity index is 0.000000289. The molecular formula is C41H13BClF20NO. The molecule has 0 aliphatic heterocycles. The van der Waals surface area contributed by atoms with Gasteiger partial charge in [0.2, 0.25) is 17.8 Å². The van der Waals surface area contributed by atoms with Gasteiger partial charge in [0.25, 0.3) is 0 Å². The zero-order valence-corrected chi connectivity index (χ0v) is 31.7. The van der Waals surface area contributed by atoms with Crippen LogP contribution in [0.4, 0.5) is 87.8 Å². The van der Waals surface area contributed by atoms with Gasteiger partial charge in [-0.3, -0.25) is 4.79 Å². The summed E-state index contributed by atoms with van der Waals surface area (Å²) in [5, 5.41) is 1.73. The number of nitrogens with zero attached hydrogens (tertiary/aromatic N) is 1. The number of halogens is 21. The molecule has 24 heteroatoms. The minimum absolute atomic E-state index is 0.0954. The Bertz CT molecular complexity index is 2730. The summed E-state index contributed by atoms with van der Waals surface area (Å²) in [6.45, 7) is 0.322. The molecule has 0 aliphatic rings. The maximum absolute atomic E-state index is 15.4. The highest BCUT2D eigenvalue weighted by Gasteiger charge is 2.52. The molecule has 0 aliphatic carbocycles. The van der Waals surface area contributed by atoms with Crippen LogP contribution in [0.5, 0.6) is 0 Å². The fraction of sp³-hybridized carbons (Fsp3) is 0.0244. The number of benzene rings is 6. The molecule has 0 saturated heterocycles. The minimum Gasteiger partial charge on any atom is -0.287 e. The lowest BCUT2D eigenvalue weighted by atomic mass is 9.12. The maximum atomic E-state index is 15.4. The molecule has 0 bridgehead atoms. The quantitative estimate of drug-likeness (QED) is 0.0390. The van der Waals surface area contributed by atoms with Crippen LogP contribution in [-0.4, -0.2) is 11.9 Å². The van der Waals surface area contributed by atoms with E-state index in [4.69, 9.17) is 11.6 Å². The van der Waals surface area contributed by atoms with Crippen molar-refractivity contribution in [2.24, 2.45) is 0 Å². The molecule has 0 fully saturated rings. The van der Waals surface area contributed by atoms with E-state index in [1.165, 1.54) is 0 Å². The van der Waals surface area contributed by atoms with Crippen LogP contribution in [0.3, 0.4) is 0 Å². The van der Waals surface area contributed by atoms with Gasteiger partial charge < -0.3 is 0 Å². The van der Waals surface area contributed by atoms with Crippen molar-refractivity contribution in [2.75, 3.05) is 0 Å². The second kappa shape index (κ2) is 17.7. The van der Waals surface area contributed by atoms with E-state index in [1.807, 2.05) is 71.4 Å². The minimum atomic E-state index is -7.22. The van der Waals surface area contributed by atoms with Crippen LogP contribution in [0.1, 0.15) is 10.4 Å². The average Bonchev–Trinajstić information content (AvgIpc) is 3.29. The summed E-state index contributed by atoms with van der Waals surface area (Å²) in [7, 11) is 0. The number of Topliss-reactive ketones (excluding diaryl/α,β-unsaturated/α-hetero) is 1. The van der Waals surface area contributed by atoms with E-state index in [9.17, 15) is 57.5 Å². The summed E-state index contributed by atoms with van der Waals surface area (Å²) in [6.07, 6.45) is -5.30. The maximum Gasteiger partial charge on any atom is 0.227 e. The summed E-state index contributed by atoms with van der Waals surface area (Å²) < 4.78 is 296. The lowest BCUT2D eigenvalue weighted by Gasteiger charge is -2.44.